The van der Waals surface area contributed by atoms with Gasteiger partial charge in [-0.2, -0.15) is 4.98 Å². The summed E-state index contributed by atoms with van der Waals surface area (Å²) in [6, 6.07) is 20.2. The fourth-order valence-electron chi connectivity index (χ4n) is 3.55. The summed E-state index contributed by atoms with van der Waals surface area (Å²) in [5, 5.41) is 0. The lowest BCUT2D eigenvalue weighted by Crippen LogP contribution is -2.36. The zero-order valence-corrected chi connectivity index (χ0v) is 17.8. The minimum absolute atomic E-state index is 0.181. The van der Waals surface area contributed by atoms with Crippen LogP contribution in [-0.2, 0) is 18.8 Å². The largest absolute Gasteiger partial charge is 0.367 e. The monoisotopic (exact) mass is 419 g/mol. The van der Waals surface area contributed by atoms with Gasteiger partial charge in [-0.1, -0.05) is 60.7 Å². The molecule has 4 rings (SSSR count). The lowest BCUT2D eigenvalue weighted by molar-refractivity contribution is 0.0858. The van der Waals surface area contributed by atoms with Crippen LogP contribution in [0.25, 0.3) is 11.2 Å². The molecular weight excluding hydrogens is 394 g/mol. The van der Waals surface area contributed by atoms with Crippen LogP contribution in [0.5, 0.6) is 0 Å². The van der Waals surface area contributed by atoms with Crippen molar-refractivity contribution in [2.75, 3.05) is 25.1 Å². The Morgan fingerprint density at radius 2 is 1.55 bits per heavy atom. The van der Waals surface area contributed by atoms with E-state index in [9.17, 15) is 9.59 Å². The number of fused-ring (bicyclic) bond motifs is 1. The Labute approximate surface area is 179 Å². The maximum absolute atomic E-state index is 12.4. The molecule has 2 aromatic carbocycles. The van der Waals surface area contributed by atoms with Crippen LogP contribution in [0.15, 0.2) is 70.3 Å². The van der Waals surface area contributed by atoms with Crippen molar-refractivity contribution in [2.45, 2.75) is 6.10 Å². The lowest BCUT2D eigenvalue weighted by atomic mass is 10.0. The van der Waals surface area contributed by atoms with Gasteiger partial charge >= 0.3 is 5.69 Å². The minimum atomic E-state index is -0.407. The maximum Gasteiger partial charge on any atom is 0.332 e. The van der Waals surface area contributed by atoms with E-state index >= 15 is 0 Å². The molecule has 0 aliphatic carbocycles. The van der Waals surface area contributed by atoms with Gasteiger partial charge in [0.15, 0.2) is 11.2 Å². The van der Waals surface area contributed by atoms with Crippen molar-refractivity contribution in [1.29, 1.82) is 0 Å². The molecule has 31 heavy (non-hydrogen) atoms. The standard InChI is InChI=1S/C23H25N5O3/c1-26(22-24-18-20(25-22)27(2)23(30)28(3)21(18)29)14-15-31-19(16-10-6-4-7-11-16)17-12-8-5-9-13-17/h4-13,19H,14-15H2,1-3H3,(H,24,25). The van der Waals surface area contributed by atoms with E-state index in [2.05, 4.69) is 34.2 Å². The van der Waals surface area contributed by atoms with Gasteiger partial charge in [0, 0.05) is 27.7 Å². The van der Waals surface area contributed by atoms with Gasteiger partial charge in [-0.15, -0.1) is 0 Å². The number of hydrogen-bond acceptors (Lipinski definition) is 5. The van der Waals surface area contributed by atoms with Gasteiger partial charge in [-0.25, -0.2) is 4.79 Å². The zero-order chi connectivity index (χ0) is 22.0. The Morgan fingerprint density at radius 1 is 0.968 bits per heavy atom. The number of benzene rings is 2. The average Bonchev–Trinajstić information content (AvgIpc) is 3.26. The number of H-pyrrole nitrogens is 1. The van der Waals surface area contributed by atoms with Crippen LogP contribution in [0.1, 0.15) is 17.2 Å². The molecule has 8 nitrogen and oxygen atoms in total. The number of anilines is 1. The van der Waals surface area contributed by atoms with Crippen molar-refractivity contribution in [3.05, 3.63) is 92.6 Å². The SMILES string of the molecule is CN(CCOC(c1ccccc1)c1ccccc1)c1nc2c([nH]1)c(=O)n(C)c(=O)n2C. The fraction of sp³-hybridized carbons (Fsp3) is 0.261. The summed E-state index contributed by atoms with van der Waals surface area (Å²) in [6.07, 6.45) is -0.181. The number of ether oxygens (including phenoxy) is 1. The first-order valence-corrected chi connectivity index (χ1v) is 10.1. The molecule has 0 radical (unpaired) electrons. The Hall–Kier alpha value is -3.65. The van der Waals surface area contributed by atoms with Crippen molar-refractivity contribution in [1.82, 2.24) is 19.1 Å². The summed E-state index contributed by atoms with van der Waals surface area (Å²) in [5.74, 6) is 0.507. The molecule has 0 bridgehead atoms. The third-order valence-electron chi connectivity index (χ3n) is 5.36. The molecule has 0 saturated heterocycles. The lowest BCUT2D eigenvalue weighted by Gasteiger charge is -2.21. The molecule has 0 fully saturated rings. The first-order valence-electron chi connectivity index (χ1n) is 10.1. The Bertz CT molecular complexity index is 1250. The zero-order valence-electron chi connectivity index (χ0n) is 17.8. The Morgan fingerprint density at radius 3 is 2.13 bits per heavy atom. The summed E-state index contributed by atoms with van der Waals surface area (Å²) in [6.45, 7) is 0.989. The molecule has 0 unspecified atom stereocenters. The quantitative estimate of drug-likeness (QED) is 0.496. The number of aryl methyl sites for hydroxylation is 1. The summed E-state index contributed by atoms with van der Waals surface area (Å²) in [4.78, 5) is 33.9. The fourth-order valence-corrected chi connectivity index (χ4v) is 3.55. The summed E-state index contributed by atoms with van der Waals surface area (Å²) in [5.41, 5.74) is 2.00. The van der Waals surface area contributed by atoms with Gasteiger partial charge in [0.1, 0.15) is 6.10 Å². The van der Waals surface area contributed by atoms with Crippen LogP contribution < -0.4 is 16.1 Å². The van der Waals surface area contributed by atoms with Crippen LogP contribution in [-0.4, -0.2) is 39.3 Å². The molecule has 8 heteroatoms. The van der Waals surface area contributed by atoms with Crippen LogP contribution >= 0.6 is 0 Å². The van der Waals surface area contributed by atoms with Gasteiger partial charge < -0.3 is 14.6 Å². The maximum atomic E-state index is 12.4. The molecule has 0 amide bonds. The highest BCUT2D eigenvalue weighted by Gasteiger charge is 2.17. The van der Waals surface area contributed by atoms with Crippen molar-refractivity contribution < 1.29 is 4.74 Å². The van der Waals surface area contributed by atoms with Crippen LogP contribution in [0, 0.1) is 0 Å². The number of nitrogens with zero attached hydrogens (tertiary/aromatic N) is 4. The van der Waals surface area contributed by atoms with E-state index in [1.165, 1.54) is 11.6 Å². The van der Waals surface area contributed by atoms with E-state index in [1.807, 2.05) is 48.3 Å². The number of aromatic nitrogens is 4. The average molecular weight is 419 g/mol. The van der Waals surface area contributed by atoms with Gasteiger partial charge in [0.25, 0.3) is 5.56 Å². The highest BCUT2D eigenvalue weighted by Crippen LogP contribution is 2.25. The molecular formula is C23H25N5O3. The number of nitrogens with one attached hydrogen (secondary N) is 1. The van der Waals surface area contributed by atoms with Crippen molar-refractivity contribution >= 4 is 17.1 Å². The number of aromatic amines is 1. The second-order valence-electron chi connectivity index (χ2n) is 7.46. The van der Waals surface area contributed by atoms with E-state index in [0.717, 1.165) is 15.7 Å². The molecule has 0 aliphatic rings. The predicted molar refractivity (Wildman–Crippen MR) is 121 cm³/mol. The van der Waals surface area contributed by atoms with Crippen molar-refractivity contribution in [3.8, 4) is 0 Å². The number of rotatable bonds is 7. The van der Waals surface area contributed by atoms with Gasteiger partial charge in [-0.3, -0.25) is 13.9 Å². The van der Waals surface area contributed by atoms with E-state index in [-0.39, 0.29) is 6.10 Å². The van der Waals surface area contributed by atoms with Crippen molar-refractivity contribution in [2.24, 2.45) is 14.1 Å². The first kappa shape index (κ1) is 20.6. The molecule has 0 atom stereocenters. The van der Waals surface area contributed by atoms with Crippen LogP contribution in [0.2, 0.25) is 0 Å². The van der Waals surface area contributed by atoms with Crippen LogP contribution in [0.4, 0.5) is 5.95 Å². The summed E-state index contributed by atoms with van der Waals surface area (Å²) in [7, 11) is 4.92. The van der Waals surface area contributed by atoms with E-state index in [0.29, 0.717) is 30.3 Å². The minimum Gasteiger partial charge on any atom is -0.367 e. The summed E-state index contributed by atoms with van der Waals surface area (Å²) < 4.78 is 8.69. The smallest absolute Gasteiger partial charge is 0.332 e. The topological polar surface area (TPSA) is 85.2 Å². The number of likely N-dealkylation sites (N-methyl/N-ethyl adjacent to an activating group) is 1. The third-order valence-corrected chi connectivity index (χ3v) is 5.36. The molecule has 4 aromatic rings. The predicted octanol–water partition coefficient (Wildman–Crippen LogP) is 2.20. The third kappa shape index (κ3) is 4.02. The molecule has 1 N–H and O–H groups in total. The number of imidazole rings is 1. The number of hydrogen-bond donors (Lipinski definition) is 1. The van der Waals surface area contributed by atoms with E-state index in [1.54, 1.807) is 7.05 Å². The highest BCUT2D eigenvalue weighted by atomic mass is 16.5. The molecule has 0 saturated carbocycles. The molecule has 0 aliphatic heterocycles. The summed E-state index contributed by atoms with van der Waals surface area (Å²) >= 11 is 0. The Balaban J connectivity index is 1.52. The van der Waals surface area contributed by atoms with Crippen molar-refractivity contribution in [3.63, 3.8) is 0 Å². The molecule has 2 aromatic heterocycles. The highest BCUT2D eigenvalue weighted by molar-refractivity contribution is 5.72. The molecule has 0 spiro atoms. The second kappa shape index (κ2) is 8.61. The second-order valence-corrected chi connectivity index (χ2v) is 7.46. The first-order chi connectivity index (χ1) is 15.0. The van der Waals surface area contributed by atoms with Gasteiger partial charge in [-0.05, 0) is 11.1 Å². The van der Waals surface area contributed by atoms with Crippen LogP contribution in [0.3, 0.4) is 0 Å². The normalized spacial score (nSPS) is 11.4. The van der Waals surface area contributed by atoms with Gasteiger partial charge in [0.05, 0.1) is 6.61 Å². The van der Waals surface area contributed by atoms with Gasteiger partial charge in [0.2, 0.25) is 5.95 Å². The van der Waals surface area contributed by atoms with E-state index < -0.39 is 11.2 Å². The molecule has 160 valence electrons. The molecule has 2 heterocycles. The van der Waals surface area contributed by atoms with E-state index in [4.69, 9.17) is 4.74 Å². The Kier molecular flexibility index (Phi) is 5.73.